The maximum absolute atomic E-state index is 12.0. The van der Waals surface area contributed by atoms with Crippen molar-refractivity contribution in [3.8, 4) is 0 Å². The highest BCUT2D eigenvalue weighted by atomic mass is 32.2. The van der Waals surface area contributed by atoms with Crippen molar-refractivity contribution in [1.29, 1.82) is 0 Å². The van der Waals surface area contributed by atoms with Gasteiger partial charge in [0.2, 0.25) is 0 Å². The SMILES string of the molecule is Cc1cc2c(cc1C)S(=O)(=O)CCN2CCN. The number of nitrogens with zero attached hydrogens (tertiary/aromatic N) is 1. The van der Waals surface area contributed by atoms with Gasteiger partial charge in [0, 0.05) is 19.6 Å². The lowest BCUT2D eigenvalue weighted by atomic mass is 10.1. The molecule has 94 valence electrons. The molecule has 0 saturated heterocycles. The Morgan fingerprint density at radius 2 is 1.94 bits per heavy atom. The van der Waals surface area contributed by atoms with E-state index in [9.17, 15) is 8.42 Å². The van der Waals surface area contributed by atoms with Gasteiger partial charge in [0.05, 0.1) is 16.3 Å². The molecule has 0 bridgehead atoms. The molecule has 5 heteroatoms. The molecule has 0 fully saturated rings. The van der Waals surface area contributed by atoms with Crippen LogP contribution in [0.15, 0.2) is 17.0 Å². The number of hydrogen-bond donors (Lipinski definition) is 1. The average Bonchev–Trinajstić information content (AvgIpc) is 2.26. The highest BCUT2D eigenvalue weighted by Crippen LogP contribution is 2.32. The summed E-state index contributed by atoms with van der Waals surface area (Å²) in [7, 11) is -3.12. The minimum atomic E-state index is -3.12. The molecule has 1 aliphatic heterocycles. The normalized spacial score (nSPS) is 17.9. The van der Waals surface area contributed by atoms with Crippen LogP contribution in [-0.4, -0.2) is 33.8 Å². The van der Waals surface area contributed by atoms with Crippen LogP contribution in [0.25, 0.3) is 0 Å². The van der Waals surface area contributed by atoms with E-state index in [2.05, 4.69) is 4.90 Å². The Morgan fingerprint density at radius 3 is 2.59 bits per heavy atom. The standard InChI is InChI=1S/C12H18N2O2S/c1-9-7-11-12(8-10(9)2)17(15,16)6-5-14(11)4-3-13/h7-8H,3-6,13H2,1-2H3. The zero-order chi connectivity index (χ0) is 12.6. The molecular formula is C12H18N2O2S. The third-order valence-corrected chi connectivity index (χ3v) is 5.00. The van der Waals surface area contributed by atoms with Crippen LogP contribution in [0, 0.1) is 13.8 Å². The van der Waals surface area contributed by atoms with Crippen LogP contribution in [0.4, 0.5) is 5.69 Å². The summed E-state index contributed by atoms with van der Waals surface area (Å²) in [6, 6.07) is 3.74. The molecule has 1 heterocycles. The second-order valence-electron chi connectivity index (χ2n) is 4.50. The number of anilines is 1. The van der Waals surface area contributed by atoms with E-state index in [1.54, 1.807) is 6.07 Å². The molecule has 2 rings (SSSR count). The van der Waals surface area contributed by atoms with Crippen molar-refractivity contribution in [3.05, 3.63) is 23.3 Å². The van der Waals surface area contributed by atoms with Crippen LogP contribution in [0.5, 0.6) is 0 Å². The summed E-state index contributed by atoms with van der Waals surface area (Å²) < 4.78 is 24.1. The Morgan fingerprint density at radius 1 is 1.29 bits per heavy atom. The van der Waals surface area contributed by atoms with Crippen molar-refractivity contribution in [2.24, 2.45) is 5.73 Å². The van der Waals surface area contributed by atoms with Crippen molar-refractivity contribution < 1.29 is 8.42 Å². The average molecular weight is 254 g/mol. The maximum atomic E-state index is 12.0. The molecule has 4 nitrogen and oxygen atoms in total. The van der Waals surface area contributed by atoms with Gasteiger partial charge in [-0.3, -0.25) is 0 Å². The number of hydrogen-bond acceptors (Lipinski definition) is 4. The quantitative estimate of drug-likeness (QED) is 0.850. The summed E-state index contributed by atoms with van der Waals surface area (Å²) in [5, 5.41) is 0. The van der Waals surface area contributed by atoms with Gasteiger partial charge in [-0.1, -0.05) is 0 Å². The van der Waals surface area contributed by atoms with Gasteiger partial charge in [-0.2, -0.15) is 0 Å². The predicted molar refractivity (Wildman–Crippen MR) is 69.2 cm³/mol. The second kappa shape index (κ2) is 4.31. The van der Waals surface area contributed by atoms with Crippen LogP contribution < -0.4 is 10.6 Å². The first-order chi connectivity index (χ1) is 7.95. The zero-order valence-corrected chi connectivity index (χ0v) is 11.0. The van der Waals surface area contributed by atoms with Gasteiger partial charge in [-0.05, 0) is 37.1 Å². The van der Waals surface area contributed by atoms with Gasteiger partial charge >= 0.3 is 0 Å². The van der Waals surface area contributed by atoms with E-state index in [-0.39, 0.29) is 5.75 Å². The molecule has 0 spiro atoms. The van der Waals surface area contributed by atoms with Crippen LogP contribution in [0.3, 0.4) is 0 Å². The molecule has 0 atom stereocenters. The van der Waals surface area contributed by atoms with Crippen molar-refractivity contribution in [1.82, 2.24) is 0 Å². The lowest BCUT2D eigenvalue weighted by molar-refractivity contribution is 0.589. The molecule has 0 aliphatic carbocycles. The lowest BCUT2D eigenvalue weighted by Crippen LogP contribution is -2.38. The highest BCUT2D eigenvalue weighted by Gasteiger charge is 2.28. The van der Waals surface area contributed by atoms with Crippen molar-refractivity contribution in [2.75, 3.05) is 30.3 Å². The summed E-state index contributed by atoms with van der Waals surface area (Å²) in [4.78, 5) is 2.52. The second-order valence-corrected chi connectivity index (χ2v) is 6.58. The van der Waals surface area contributed by atoms with Crippen LogP contribution in [-0.2, 0) is 9.84 Å². The Bertz CT molecular complexity index is 538. The molecule has 17 heavy (non-hydrogen) atoms. The first-order valence-electron chi connectivity index (χ1n) is 5.75. The number of benzene rings is 1. The largest absolute Gasteiger partial charge is 0.368 e. The Balaban J connectivity index is 2.60. The van der Waals surface area contributed by atoms with Gasteiger partial charge in [-0.15, -0.1) is 0 Å². The summed E-state index contributed by atoms with van der Waals surface area (Å²) >= 11 is 0. The Hall–Kier alpha value is -1.07. The molecule has 1 aromatic carbocycles. The fraction of sp³-hybridized carbons (Fsp3) is 0.500. The van der Waals surface area contributed by atoms with Gasteiger partial charge in [0.15, 0.2) is 9.84 Å². The summed E-state index contributed by atoms with van der Waals surface area (Å²) in [6.07, 6.45) is 0. The van der Waals surface area contributed by atoms with Crippen LogP contribution in [0.1, 0.15) is 11.1 Å². The fourth-order valence-corrected chi connectivity index (χ4v) is 3.66. The van der Waals surface area contributed by atoms with E-state index in [0.717, 1.165) is 16.8 Å². The molecular weight excluding hydrogens is 236 g/mol. The number of fused-ring (bicyclic) bond motifs is 1. The molecule has 2 N–H and O–H groups in total. The Kier molecular flexibility index (Phi) is 3.14. The van der Waals surface area contributed by atoms with E-state index >= 15 is 0 Å². The smallest absolute Gasteiger partial charge is 0.182 e. The number of rotatable bonds is 2. The van der Waals surface area contributed by atoms with Gasteiger partial charge in [0.1, 0.15) is 0 Å². The van der Waals surface area contributed by atoms with Crippen molar-refractivity contribution in [3.63, 3.8) is 0 Å². The molecule has 0 aromatic heterocycles. The summed E-state index contributed by atoms with van der Waals surface area (Å²) in [5.74, 6) is 0.183. The minimum absolute atomic E-state index is 0.183. The minimum Gasteiger partial charge on any atom is -0.368 e. The lowest BCUT2D eigenvalue weighted by Gasteiger charge is -2.31. The maximum Gasteiger partial charge on any atom is 0.182 e. The molecule has 0 saturated carbocycles. The number of nitrogens with two attached hydrogens (primary N) is 1. The van der Waals surface area contributed by atoms with Gasteiger partial charge < -0.3 is 10.6 Å². The van der Waals surface area contributed by atoms with E-state index in [1.807, 2.05) is 19.9 Å². The van der Waals surface area contributed by atoms with Crippen molar-refractivity contribution >= 4 is 15.5 Å². The molecule has 0 unspecified atom stereocenters. The first-order valence-corrected chi connectivity index (χ1v) is 7.40. The third-order valence-electron chi connectivity index (χ3n) is 3.28. The molecule has 1 aliphatic rings. The van der Waals surface area contributed by atoms with Crippen LogP contribution in [0.2, 0.25) is 0 Å². The van der Waals surface area contributed by atoms with E-state index in [1.165, 1.54) is 0 Å². The van der Waals surface area contributed by atoms with Gasteiger partial charge in [0.25, 0.3) is 0 Å². The third kappa shape index (κ3) is 2.17. The topological polar surface area (TPSA) is 63.4 Å². The first kappa shape index (κ1) is 12.4. The highest BCUT2D eigenvalue weighted by molar-refractivity contribution is 7.91. The predicted octanol–water partition coefficient (Wildman–Crippen LogP) is 0.856. The summed E-state index contributed by atoms with van der Waals surface area (Å²) in [5.41, 5.74) is 8.50. The van der Waals surface area contributed by atoms with E-state index < -0.39 is 9.84 Å². The molecule has 0 radical (unpaired) electrons. The molecule has 1 aromatic rings. The van der Waals surface area contributed by atoms with E-state index in [4.69, 9.17) is 5.73 Å². The fourth-order valence-electron chi connectivity index (χ4n) is 2.12. The van der Waals surface area contributed by atoms with Crippen molar-refractivity contribution in [2.45, 2.75) is 18.7 Å². The summed E-state index contributed by atoms with van der Waals surface area (Å²) in [6.45, 7) is 5.71. The van der Waals surface area contributed by atoms with E-state index in [0.29, 0.717) is 24.5 Å². The number of aryl methyl sites for hydroxylation is 2. The monoisotopic (exact) mass is 254 g/mol. The Labute approximate surface area is 102 Å². The van der Waals surface area contributed by atoms with Crippen LogP contribution >= 0.6 is 0 Å². The zero-order valence-electron chi connectivity index (χ0n) is 10.2. The van der Waals surface area contributed by atoms with Gasteiger partial charge in [-0.25, -0.2) is 8.42 Å². The molecule has 0 amide bonds. The number of sulfone groups is 1.